The van der Waals surface area contributed by atoms with Gasteiger partial charge in [0.1, 0.15) is 4.21 Å². The topological polar surface area (TPSA) is 87.7 Å². The van der Waals surface area contributed by atoms with Crippen LogP contribution >= 0.6 is 11.3 Å². The van der Waals surface area contributed by atoms with Crippen LogP contribution in [0.5, 0.6) is 0 Å². The van der Waals surface area contributed by atoms with Crippen molar-refractivity contribution < 1.29 is 17.9 Å². The third-order valence-electron chi connectivity index (χ3n) is 4.01. The summed E-state index contributed by atoms with van der Waals surface area (Å²) in [7, 11) is -3.45. The van der Waals surface area contributed by atoms with Crippen molar-refractivity contribution in [1.82, 2.24) is 14.9 Å². The van der Waals surface area contributed by atoms with Gasteiger partial charge >= 0.3 is 0 Å². The Labute approximate surface area is 140 Å². The largest absolute Gasteiger partial charge is 0.379 e. The Morgan fingerprint density at radius 3 is 2.87 bits per heavy atom. The Bertz CT molecular complexity index is 647. The molecule has 7 nitrogen and oxygen atoms in total. The lowest BCUT2D eigenvalue weighted by atomic mass is 10.2. The van der Waals surface area contributed by atoms with E-state index in [0.29, 0.717) is 37.1 Å². The van der Waals surface area contributed by atoms with E-state index in [4.69, 9.17) is 4.74 Å². The molecule has 3 rings (SSSR count). The molecule has 1 aromatic rings. The lowest BCUT2D eigenvalue weighted by Gasteiger charge is -2.25. The molecule has 0 saturated carbocycles. The van der Waals surface area contributed by atoms with Crippen molar-refractivity contribution >= 4 is 27.3 Å². The van der Waals surface area contributed by atoms with Crippen molar-refractivity contribution in [3.8, 4) is 0 Å². The van der Waals surface area contributed by atoms with E-state index < -0.39 is 10.0 Å². The van der Waals surface area contributed by atoms with Crippen molar-refractivity contribution in [2.24, 2.45) is 0 Å². The van der Waals surface area contributed by atoms with Crippen LogP contribution in [0.3, 0.4) is 0 Å². The summed E-state index contributed by atoms with van der Waals surface area (Å²) in [5.74, 6) is -0.0199. The van der Waals surface area contributed by atoms with E-state index in [1.807, 2.05) is 0 Å². The summed E-state index contributed by atoms with van der Waals surface area (Å²) in [6, 6.07) is 3.26. The van der Waals surface area contributed by atoms with Crippen LogP contribution in [0.2, 0.25) is 0 Å². The van der Waals surface area contributed by atoms with E-state index in [9.17, 15) is 13.2 Å². The highest BCUT2D eigenvalue weighted by atomic mass is 32.2. The Morgan fingerprint density at radius 1 is 1.39 bits per heavy atom. The Kier molecular flexibility index (Phi) is 5.32. The number of carbonyl (C=O) groups is 1. The molecule has 2 aliphatic rings. The van der Waals surface area contributed by atoms with E-state index in [1.54, 1.807) is 12.1 Å². The van der Waals surface area contributed by atoms with Crippen LogP contribution in [0.15, 0.2) is 16.3 Å². The number of thiophene rings is 1. The van der Waals surface area contributed by atoms with Gasteiger partial charge in [-0.2, -0.15) is 4.31 Å². The molecule has 0 aromatic carbocycles. The zero-order valence-corrected chi connectivity index (χ0v) is 14.4. The van der Waals surface area contributed by atoms with Crippen LogP contribution < -0.4 is 10.6 Å². The van der Waals surface area contributed by atoms with Gasteiger partial charge in [-0.15, -0.1) is 11.3 Å². The molecule has 2 fully saturated rings. The molecule has 2 N–H and O–H groups in total. The van der Waals surface area contributed by atoms with Crippen LogP contribution in [0.1, 0.15) is 17.7 Å². The van der Waals surface area contributed by atoms with Gasteiger partial charge in [0.05, 0.1) is 25.8 Å². The molecular formula is C14H21N3O4S2. The minimum atomic E-state index is -3.45. The lowest BCUT2D eigenvalue weighted by molar-refractivity contribution is -0.122. The fourth-order valence-electron chi connectivity index (χ4n) is 2.71. The predicted octanol–water partition coefficient (Wildman–Crippen LogP) is 0.137. The fraction of sp³-hybridized carbons (Fsp3) is 0.643. The highest BCUT2D eigenvalue weighted by Crippen LogP contribution is 2.25. The minimum absolute atomic E-state index is 0.0199. The van der Waals surface area contributed by atoms with E-state index in [-0.39, 0.29) is 11.9 Å². The first-order valence-corrected chi connectivity index (χ1v) is 10.0. The maximum absolute atomic E-state index is 12.5. The maximum Gasteiger partial charge on any atom is 0.252 e. The van der Waals surface area contributed by atoms with Gasteiger partial charge in [0.25, 0.3) is 10.0 Å². The molecule has 1 unspecified atom stereocenters. The maximum atomic E-state index is 12.5. The van der Waals surface area contributed by atoms with Crippen LogP contribution in [0, 0.1) is 0 Å². The first-order valence-electron chi connectivity index (χ1n) is 7.75. The van der Waals surface area contributed by atoms with Gasteiger partial charge in [0, 0.05) is 18.0 Å². The van der Waals surface area contributed by atoms with Crippen LogP contribution in [-0.4, -0.2) is 57.5 Å². The molecule has 0 radical (unpaired) electrons. The number of carbonyl (C=O) groups excluding carboxylic acids is 1. The van der Waals surface area contributed by atoms with Crippen molar-refractivity contribution in [3.05, 3.63) is 17.0 Å². The Balaban J connectivity index is 1.59. The Morgan fingerprint density at radius 2 is 2.17 bits per heavy atom. The van der Waals surface area contributed by atoms with E-state index in [0.717, 1.165) is 24.3 Å². The number of nitrogens with one attached hydrogen (secondary N) is 2. The normalized spacial score (nSPS) is 23.0. The molecule has 0 spiro atoms. The molecule has 128 valence electrons. The molecule has 3 heterocycles. The molecule has 1 atom stereocenters. The fourth-order valence-corrected chi connectivity index (χ4v) is 5.57. The van der Waals surface area contributed by atoms with Crippen molar-refractivity contribution in [2.75, 3.05) is 32.8 Å². The molecule has 1 aromatic heterocycles. The molecule has 0 bridgehead atoms. The quantitative estimate of drug-likeness (QED) is 0.781. The summed E-state index contributed by atoms with van der Waals surface area (Å²) in [6.45, 7) is 2.88. The predicted molar refractivity (Wildman–Crippen MR) is 86.8 cm³/mol. The van der Waals surface area contributed by atoms with Gasteiger partial charge in [-0.1, -0.05) is 0 Å². The second kappa shape index (κ2) is 7.27. The Hall–Kier alpha value is -1.00. The number of rotatable bonds is 5. The number of nitrogens with zero attached hydrogens (tertiary/aromatic N) is 1. The third kappa shape index (κ3) is 3.92. The van der Waals surface area contributed by atoms with Crippen LogP contribution in [0.25, 0.3) is 0 Å². The zero-order chi connectivity index (χ0) is 16.3. The van der Waals surface area contributed by atoms with Gasteiger partial charge in [-0.25, -0.2) is 8.42 Å². The van der Waals surface area contributed by atoms with Gasteiger partial charge in [0.15, 0.2) is 0 Å². The van der Waals surface area contributed by atoms with Gasteiger partial charge in [-0.3, -0.25) is 4.79 Å². The standard InChI is InChI=1S/C14H21N3O4S2/c18-14(12-2-1-5-15-12)16-10-11-3-4-13(22-11)23(19,20)17-6-8-21-9-7-17/h3-4,12,15H,1-2,5-10H2,(H,16,18). The van der Waals surface area contributed by atoms with Crippen molar-refractivity contribution in [2.45, 2.75) is 29.6 Å². The first kappa shape index (κ1) is 16.8. The summed E-state index contributed by atoms with van der Waals surface area (Å²) in [5, 5.41) is 6.01. The summed E-state index contributed by atoms with van der Waals surface area (Å²) >= 11 is 1.21. The van der Waals surface area contributed by atoms with Gasteiger partial charge in [-0.05, 0) is 31.5 Å². The zero-order valence-electron chi connectivity index (χ0n) is 12.8. The van der Waals surface area contributed by atoms with Gasteiger partial charge < -0.3 is 15.4 Å². The summed E-state index contributed by atoms with van der Waals surface area (Å²) in [4.78, 5) is 12.8. The number of hydrogen-bond donors (Lipinski definition) is 2. The highest BCUT2D eigenvalue weighted by molar-refractivity contribution is 7.91. The number of ether oxygens (including phenoxy) is 1. The second-order valence-electron chi connectivity index (χ2n) is 5.60. The SMILES string of the molecule is O=C(NCc1ccc(S(=O)(=O)N2CCOCC2)s1)C1CCCN1. The number of amides is 1. The number of morpholine rings is 1. The smallest absolute Gasteiger partial charge is 0.252 e. The summed E-state index contributed by atoms with van der Waals surface area (Å²) < 4.78 is 32.0. The highest BCUT2D eigenvalue weighted by Gasteiger charge is 2.28. The average Bonchev–Trinajstić information content (AvgIpc) is 3.25. The summed E-state index contributed by atoms with van der Waals surface area (Å²) in [5.41, 5.74) is 0. The molecule has 23 heavy (non-hydrogen) atoms. The number of hydrogen-bond acceptors (Lipinski definition) is 6. The van der Waals surface area contributed by atoms with E-state index >= 15 is 0 Å². The van der Waals surface area contributed by atoms with Crippen LogP contribution in [0.4, 0.5) is 0 Å². The second-order valence-corrected chi connectivity index (χ2v) is 8.94. The molecule has 2 saturated heterocycles. The van der Waals surface area contributed by atoms with Crippen molar-refractivity contribution in [1.29, 1.82) is 0 Å². The molecule has 1 amide bonds. The number of sulfonamides is 1. The first-order chi connectivity index (χ1) is 11.1. The van der Waals surface area contributed by atoms with E-state index in [2.05, 4.69) is 10.6 Å². The molecular weight excluding hydrogens is 338 g/mol. The molecule has 0 aliphatic carbocycles. The van der Waals surface area contributed by atoms with Gasteiger partial charge in [0.2, 0.25) is 5.91 Å². The monoisotopic (exact) mass is 359 g/mol. The lowest BCUT2D eigenvalue weighted by Crippen LogP contribution is -2.40. The summed E-state index contributed by atoms with van der Waals surface area (Å²) in [6.07, 6.45) is 1.87. The van der Waals surface area contributed by atoms with Crippen LogP contribution in [-0.2, 0) is 26.1 Å². The van der Waals surface area contributed by atoms with Crippen molar-refractivity contribution in [3.63, 3.8) is 0 Å². The third-order valence-corrected chi connectivity index (χ3v) is 7.47. The van der Waals surface area contributed by atoms with E-state index in [1.165, 1.54) is 15.6 Å². The molecule has 9 heteroatoms. The average molecular weight is 359 g/mol. The minimum Gasteiger partial charge on any atom is -0.379 e. The molecule has 2 aliphatic heterocycles.